The van der Waals surface area contributed by atoms with E-state index in [1.54, 1.807) is 30.6 Å². The molecule has 1 aromatic carbocycles. The van der Waals surface area contributed by atoms with Gasteiger partial charge in [0.15, 0.2) is 0 Å². The molecule has 0 amide bonds. The number of benzene rings is 1. The fourth-order valence-corrected chi connectivity index (χ4v) is 3.72. The first-order chi connectivity index (χ1) is 14.3. The number of rotatable bonds is 4. The van der Waals surface area contributed by atoms with Crippen molar-refractivity contribution in [3.8, 4) is 34.2 Å². The Bertz CT molecular complexity index is 1090. The van der Waals surface area contributed by atoms with Crippen LogP contribution in [0.4, 0.5) is 5.95 Å². The average molecular weight is 477 g/mol. The van der Waals surface area contributed by atoms with E-state index < -0.39 is 0 Å². The molecule has 1 aliphatic rings. The van der Waals surface area contributed by atoms with Gasteiger partial charge in [-0.15, -0.1) is 35.0 Å². The summed E-state index contributed by atoms with van der Waals surface area (Å²) >= 11 is 0. The lowest BCUT2D eigenvalue weighted by Crippen LogP contribution is -2.45. The highest BCUT2D eigenvalue weighted by atomic mass is 35.5. The summed E-state index contributed by atoms with van der Waals surface area (Å²) in [4.78, 5) is 6.58. The van der Waals surface area contributed by atoms with Crippen molar-refractivity contribution in [2.45, 2.75) is 38.8 Å². The minimum Gasteiger partial charge on any atom is -0.507 e. The molecule has 170 valence electrons. The highest BCUT2D eigenvalue weighted by Crippen LogP contribution is 2.33. The summed E-state index contributed by atoms with van der Waals surface area (Å²) in [6.07, 6.45) is 4.21. The lowest BCUT2D eigenvalue weighted by molar-refractivity contribution is 0.373. The van der Waals surface area contributed by atoms with Crippen LogP contribution in [0.1, 0.15) is 32.9 Å². The largest absolute Gasteiger partial charge is 0.507 e. The van der Waals surface area contributed by atoms with Gasteiger partial charge in [0.05, 0.1) is 12.4 Å². The van der Waals surface area contributed by atoms with Crippen LogP contribution in [-0.4, -0.2) is 55.2 Å². The topological polar surface area (TPSA) is 127 Å². The maximum Gasteiger partial charge on any atom is 0.245 e. The smallest absolute Gasteiger partial charge is 0.245 e. The minimum atomic E-state index is 0. The molecule has 0 saturated carbocycles. The van der Waals surface area contributed by atoms with Crippen LogP contribution in [0.5, 0.6) is 5.75 Å². The second-order valence-electron chi connectivity index (χ2n) is 8.47. The van der Waals surface area contributed by atoms with Crippen molar-refractivity contribution < 1.29 is 5.11 Å². The van der Waals surface area contributed by atoms with Crippen molar-refractivity contribution in [3.05, 3.63) is 36.3 Å². The normalized spacial score (nSPS) is 15.6. The Morgan fingerprint density at radius 3 is 2.59 bits per heavy atom. The lowest BCUT2D eigenvalue weighted by atomic mass is 10.0. The number of phenols is 1. The van der Waals surface area contributed by atoms with Gasteiger partial charge in [0.1, 0.15) is 23.2 Å². The van der Waals surface area contributed by atoms with Gasteiger partial charge in [0, 0.05) is 35.8 Å². The van der Waals surface area contributed by atoms with Crippen molar-refractivity contribution in [2.75, 3.05) is 18.0 Å². The van der Waals surface area contributed by atoms with Gasteiger partial charge in [-0.3, -0.25) is 5.10 Å². The van der Waals surface area contributed by atoms with E-state index in [0.29, 0.717) is 40.1 Å². The quantitative estimate of drug-likeness (QED) is 0.523. The lowest BCUT2D eigenvalue weighted by Gasteiger charge is -2.25. The summed E-state index contributed by atoms with van der Waals surface area (Å²) in [6.45, 7) is 8.20. The van der Waals surface area contributed by atoms with Crippen LogP contribution in [0, 0.1) is 11.3 Å². The maximum absolute atomic E-state index is 10.5. The van der Waals surface area contributed by atoms with E-state index in [4.69, 9.17) is 5.26 Å². The number of phenolic OH excluding ortho intramolecular Hbond substituents is 1. The Kier molecular flexibility index (Phi) is 8.02. The zero-order valence-corrected chi connectivity index (χ0v) is 19.7. The molecule has 11 heteroatoms. The first-order valence-electron chi connectivity index (χ1n) is 9.83. The molecule has 0 radical (unpaired) electrons. The first kappa shape index (κ1) is 25.3. The Morgan fingerprint density at radius 1 is 1.19 bits per heavy atom. The minimum absolute atomic E-state index is 0. The molecule has 1 aliphatic heterocycles. The second kappa shape index (κ2) is 10.1. The summed E-state index contributed by atoms with van der Waals surface area (Å²) in [6, 6.07) is 7.57. The van der Waals surface area contributed by atoms with Crippen LogP contribution in [0.25, 0.3) is 22.4 Å². The van der Waals surface area contributed by atoms with Gasteiger partial charge >= 0.3 is 0 Å². The van der Waals surface area contributed by atoms with E-state index in [0.717, 1.165) is 19.5 Å². The monoisotopic (exact) mass is 476 g/mol. The van der Waals surface area contributed by atoms with Gasteiger partial charge in [-0.25, -0.2) is 4.98 Å². The highest BCUT2D eigenvalue weighted by Gasteiger charge is 2.27. The number of hydrogen-bond donors (Lipinski definition) is 3. The van der Waals surface area contributed by atoms with E-state index in [1.807, 2.05) is 6.07 Å². The fourth-order valence-electron chi connectivity index (χ4n) is 3.72. The molecule has 2 aromatic heterocycles. The Labute approximate surface area is 199 Å². The molecule has 0 aliphatic carbocycles. The number of nitrogens with zero attached hydrogens (tertiary/aromatic N) is 6. The number of anilines is 1. The summed E-state index contributed by atoms with van der Waals surface area (Å²) in [5.41, 5.74) is 2.75. The molecular formula is C21H26Cl2N8O. The number of aromatic amines is 1. The number of aromatic hydroxyl groups is 1. The van der Waals surface area contributed by atoms with Crippen LogP contribution in [0.3, 0.4) is 0 Å². The third-order valence-corrected chi connectivity index (χ3v) is 4.99. The van der Waals surface area contributed by atoms with Crippen LogP contribution < -0.4 is 10.2 Å². The Balaban J connectivity index is 0.00000181. The van der Waals surface area contributed by atoms with Crippen molar-refractivity contribution in [1.82, 2.24) is 30.7 Å². The summed E-state index contributed by atoms with van der Waals surface area (Å²) in [7, 11) is 0. The molecule has 0 spiro atoms. The molecule has 4 rings (SSSR count). The van der Waals surface area contributed by atoms with Gasteiger partial charge in [-0.2, -0.15) is 10.4 Å². The van der Waals surface area contributed by atoms with Gasteiger partial charge in [-0.1, -0.05) is 6.07 Å². The Morgan fingerprint density at radius 2 is 1.97 bits per heavy atom. The van der Waals surface area contributed by atoms with E-state index in [1.165, 1.54) is 0 Å². The van der Waals surface area contributed by atoms with E-state index in [2.05, 4.69) is 56.4 Å². The molecule has 3 aromatic rings. The number of nitrogens with one attached hydrogen (secondary N) is 2. The summed E-state index contributed by atoms with van der Waals surface area (Å²) in [5.74, 6) is 0.627. The zero-order valence-electron chi connectivity index (χ0n) is 18.0. The molecule has 3 heterocycles. The molecule has 1 unspecified atom stereocenters. The number of aromatic nitrogens is 5. The predicted octanol–water partition coefficient (Wildman–Crippen LogP) is 3.32. The fraction of sp³-hybridized carbons (Fsp3) is 0.381. The molecule has 9 nitrogen and oxygen atoms in total. The molecule has 32 heavy (non-hydrogen) atoms. The maximum atomic E-state index is 10.5. The average Bonchev–Trinajstić information content (AvgIpc) is 3.36. The van der Waals surface area contributed by atoms with Gasteiger partial charge in [0.25, 0.3) is 0 Å². The molecule has 0 bridgehead atoms. The Hall–Kier alpha value is -2.93. The van der Waals surface area contributed by atoms with Crippen LogP contribution >= 0.6 is 24.8 Å². The van der Waals surface area contributed by atoms with E-state index in [-0.39, 0.29) is 36.1 Å². The van der Waals surface area contributed by atoms with E-state index >= 15 is 0 Å². The number of nitriles is 1. The van der Waals surface area contributed by atoms with Crippen molar-refractivity contribution in [2.24, 2.45) is 0 Å². The summed E-state index contributed by atoms with van der Waals surface area (Å²) in [5, 5.41) is 38.3. The van der Waals surface area contributed by atoms with Gasteiger partial charge < -0.3 is 15.3 Å². The first-order valence-corrected chi connectivity index (χ1v) is 9.83. The molecule has 1 saturated heterocycles. The highest BCUT2D eigenvalue weighted by molar-refractivity contribution is 5.85. The number of hydrogen-bond acceptors (Lipinski definition) is 8. The molecule has 1 fully saturated rings. The van der Waals surface area contributed by atoms with Gasteiger partial charge in [0.2, 0.25) is 5.95 Å². The zero-order chi connectivity index (χ0) is 21.3. The third-order valence-electron chi connectivity index (χ3n) is 4.99. The molecular weight excluding hydrogens is 451 g/mol. The van der Waals surface area contributed by atoms with Crippen molar-refractivity contribution in [1.29, 1.82) is 5.26 Å². The van der Waals surface area contributed by atoms with Crippen molar-refractivity contribution in [3.63, 3.8) is 0 Å². The number of halogens is 2. The van der Waals surface area contributed by atoms with Crippen LogP contribution in [0.15, 0.2) is 30.6 Å². The van der Waals surface area contributed by atoms with E-state index in [9.17, 15) is 5.11 Å². The number of H-pyrrole nitrogens is 1. The summed E-state index contributed by atoms with van der Waals surface area (Å²) < 4.78 is 0. The predicted molar refractivity (Wildman–Crippen MR) is 127 cm³/mol. The third kappa shape index (κ3) is 5.46. The molecule has 1 atom stereocenters. The van der Waals surface area contributed by atoms with Gasteiger partial charge in [-0.05, 0) is 44.9 Å². The molecule has 3 N–H and O–H groups in total. The SMILES string of the molecule is CC(C)(C)NC1CCN(c2ncc(-c3ccc(-c4cn[nH]c4C#N)cc3O)nn2)C1.Cl.Cl. The van der Waals surface area contributed by atoms with Crippen LogP contribution in [-0.2, 0) is 0 Å². The standard InChI is InChI=1S/C21H24N8O.2ClH/c1-21(2,3)25-14-6-7-29(12-14)20-23-11-18(27-28-20)15-5-4-13(8-19(15)30)16-10-24-26-17(16)9-22;;/h4-5,8,10-11,14,25,30H,6-7,12H2,1-3H3,(H,24,26);2*1H. The second-order valence-corrected chi connectivity index (χ2v) is 8.47. The van der Waals surface area contributed by atoms with Crippen molar-refractivity contribution >= 4 is 30.8 Å². The van der Waals surface area contributed by atoms with Crippen LogP contribution in [0.2, 0.25) is 0 Å².